The third-order valence-corrected chi connectivity index (χ3v) is 7.49. The summed E-state index contributed by atoms with van der Waals surface area (Å²) in [6, 6.07) is 20.0. The van der Waals surface area contributed by atoms with Crippen molar-refractivity contribution < 1.29 is 32.2 Å². The van der Waals surface area contributed by atoms with Crippen LogP contribution in [-0.4, -0.2) is 65.8 Å². The molecule has 0 aliphatic heterocycles. The summed E-state index contributed by atoms with van der Waals surface area (Å²) in [7, 11) is 2.96. The second-order valence-corrected chi connectivity index (χ2v) is 10.7. The number of anilines is 1. The molecule has 2 heterocycles. The molecule has 0 radical (unpaired) electrons. The van der Waals surface area contributed by atoms with Crippen molar-refractivity contribution in [1.82, 2.24) is 20.2 Å². The van der Waals surface area contributed by atoms with Crippen molar-refractivity contribution >= 4 is 46.0 Å². The van der Waals surface area contributed by atoms with Crippen LogP contribution in [0.5, 0.6) is 17.2 Å². The number of rotatable bonds is 13. The average Bonchev–Trinajstić information content (AvgIpc) is 3.52. The van der Waals surface area contributed by atoms with Crippen molar-refractivity contribution in [1.29, 1.82) is 5.41 Å². The van der Waals surface area contributed by atoms with Gasteiger partial charge in [0.15, 0.2) is 11.5 Å². The van der Waals surface area contributed by atoms with E-state index >= 15 is 0 Å². The number of aromatic nitrogens is 2. The van der Waals surface area contributed by atoms with Crippen LogP contribution in [0.25, 0.3) is 22.0 Å². The Morgan fingerprint density at radius 2 is 1.77 bits per heavy atom. The fourth-order valence-corrected chi connectivity index (χ4v) is 5.21. The second kappa shape index (κ2) is 14.9. The van der Waals surface area contributed by atoms with Crippen LogP contribution in [0.1, 0.15) is 21.6 Å². The van der Waals surface area contributed by atoms with Gasteiger partial charge in [0.25, 0.3) is 5.91 Å². The molecule has 10 nitrogen and oxygen atoms in total. The average molecular weight is 677 g/mol. The van der Waals surface area contributed by atoms with Gasteiger partial charge in [-0.1, -0.05) is 36.5 Å². The number of hydrogen-bond acceptors (Lipinski definition) is 7. The minimum atomic E-state index is -4.82. The summed E-state index contributed by atoms with van der Waals surface area (Å²) in [5.41, 5.74) is 5.86. The van der Waals surface area contributed by atoms with Gasteiger partial charge in [-0.25, -0.2) is 0 Å². The summed E-state index contributed by atoms with van der Waals surface area (Å²) in [6.07, 6.45) is -1.35. The normalized spacial score (nSPS) is 11.1. The first-order valence-electron chi connectivity index (χ1n) is 14.5. The largest absolute Gasteiger partial charge is 0.573 e. The molecular formula is C34H31F3N6O4S. The number of nitrogens with zero attached hydrogens (tertiary/aromatic N) is 2. The molecule has 14 heteroatoms. The predicted octanol–water partition coefficient (Wildman–Crippen LogP) is 6.77. The van der Waals surface area contributed by atoms with Crippen molar-refractivity contribution in [3.8, 4) is 28.4 Å². The topological polar surface area (TPSA) is 125 Å². The Morgan fingerprint density at radius 3 is 2.44 bits per heavy atom. The van der Waals surface area contributed by atoms with E-state index in [1.807, 2.05) is 30.3 Å². The number of ether oxygens (including phenoxy) is 3. The Hall–Kier alpha value is -5.63. The van der Waals surface area contributed by atoms with Crippen LogP contribution in [-0.2, 0) is 6.54 Å². The van der Waals surface area contributed by atoms with Gasteiger partial charge in [-0.2, -0.15) is 0 Å². The second-order valence-electron chi connectivity index (χ2n) is 10.5. The van der Waals surface area contributed by atoms with E-state index < -0.39 is 6.36 Å². The lowest BCUT2D eigenvalue weighted by atomic mass is 10.1. The highest BCUT2D eigenvalue weighted by Gasteiger charge is 2.31. The molecular weight excluding hydrogens is 645 g/mol. The first-order chi connectivity index (χ1) is 23.1. The summed E-state index contributed by atoms with van der Waals surface area (Å²) in [5.74, 6) is 0.119. The van der Waals surface area contributed by atoms with E-state index in [2.05, 4.69) is 25.3 Å². The van der Waals surface area contributed by atoms with E-state index in [-0.39, 0.29) is 37.1 Å². The highest BCUT2D eigenvalue weighted by Crippen LogP contribution is 2.34. The highest BCUT2D eigenvalue weighted by molar-refractivity contribution is 7.79. The van der Waals surface area contributed by atoms with E-state index in [1.54, 1.807) is 35.5 Å². The van der Waals surface area contributed by atoms with Crippen molar-refractivity contribution in [2.75, 3.05) is 32.6 Å². The van der Waals surface area contributed by atoms with E-state index in [9.17, 15) is 23.4 Å². The Labute approximate surface area is 279 Å². The van der Waals surface area contributed by atoms with Crippen LogP contribution < -0.4 is 24.8 Å². The lowest BCUT2D eigenvalue weighted by Crippen LogP contribution is -2.38. The lowest BCUT2D eigenvalue weighted by Gasteiger charge is -2.27. The van der Waals surface area contributed by atoms with Crippen LogP contribution in [0.3, 0.4) is 0 Å². The van der Waals surface area contributed by atoms with Crippen LogP contribution >= 0.6 is 12.2 Å². The first kappa shape index (κ1) is 33.7. The molecule has 0 unspecified atom stereocenters. The third kappa shape index (κ3) is 8.20. The molecule has 3 aromatic carbocycles. The van der Waals surface area contributed by atoms with Gasteiger partial charge in [-0.15, -0.1) is 13.2 Å². The molecule has 0 aliphatic rings. The Kier molecular flexibility index (Phi) is 10.4. The predicted molar refractivity (Wildman–Crippen MR) is 181 cm³/mol. The molecule has 0 fully saturated rings. The number of hydrogen-bond donors (Lipinski definition) is 4. The van der Waals surface area contributed by atoms with Crippen molar-refractivity contribution in [3.63, 3.8) is 0 Å². The SMILES string of the molecule is COc1cc(NC=S)c(C(=N)N(CCNC(=O)c2cc3cc(-c4cccnc4)ccc3[nH]2)Cc2ccc(OC(F)(F)F)cc2)cc1OC. The molecule has 0 atom stereocenters. The van der Waals surface area contributed by atoms with E-state index in [1.165, 1.54) is 44.0 Å². The van der Waals surface area contributed by atoms with Crippen LogP contribution in [0.15, 0.2) is 85.2 Å². The molecule has 0 bridgehead atoms. The molecule has 0 saturated carbocycles. The quantitative estimate of drug-likeness (QED) is 0.0612. The zero-order valence-corrected chi connectivity index (χ0v) is 26.7. The highest BCUT2D eigenvalue weighted by atomic mass is 32.1. The number of carbonyl (C=O) groups is 1. The smallest absolute Gasteiger partial charge is 0.493 e. The molecule has 0 saturated heterocycles. The summed E-state index contributed by atoms with van der Waals surface area (Å²) >= 11 is 5.00. The van der Waals surface area contributed by atoms with E-state index in [0.29, 0.717) is 34.0 Å². The molecule has 1 amide bonds. The number of pyridine rings is 1. The number of methoxy groups -OCH3 is 2. The number of aromatic amines is 1. The van der Waals surface area contributed by atoms with Gasteiger partial charge in [0.2, 0.25) is 0 Å². The summed E-state index contributed by atoms with van der Waals surface area (Å²) < 4.78 is 53.0. The molecule has 5 aromatic rings. The summed E-state index contributed by atoms with van der Waals surface area (Å²) in [4.78, 5) is 22.2. The number of nitrogens with one attached hydrogen (secondary N) is 4. The van der Waals surface area contributed by atoms with Crippen LogP contribution in [0.2, 0.25) is 0 Å². The van der Waals surface area contributed by atoms with Gasteiger partial charge >= 0.3 is 6.36 Å². The molecule has 248 valence electrons. The van der Waals surface area contributed by atoms with Crippen molar-refractivity contribution in [3.05, 3.63) is 102 Å². The first-order valence-corrected chi connectivity index (χ1v) is 15.0. The monoisotopic (exact) mass is 676 g/mol. The summed E-state index contributed by atoms with van der Waals surface area (Å²) in [5, 5.41) is 15.9. The number of amides is 1. The van der Waals surface area contributed by atoms with Crippen LogP contribution in [0, 0.1) is 5.41 Å². The zero-order chi connectivity index (χ0) is 34.3. The minimum Gasteiger partial charge on any atom is -0.493 e. The van der Waals surface area contributed by atoms with Gasteiger partial charge in [-0.05, 0) is 53.6 Å². The third-order valence-electron chi connectivity index (χ3n) is 7.37. The van der Waals surface area contributed by atoms with Gasteiger partial charge < -0.3 is 34.7 Å². The molecule has 0 spiro atoms. The lowest BCUT2D eigenvalue weighted by molar-refractivity contribution is -0.274. The number of fused-ring (bicyclic) bond motifs is 1. The van der Waals surface area contributed by atoms with Crippen molar-refractivity contribution in [2.45, 2.75) is 12.9 Å². The number of carbonyl (C=O) groups excluding carboxylic acids is 1. The molecule has 5 rings (SSSR count). The Morgan fingerprint density at radius 1 is 1.02 bits per heavy atom. The van der Waals surface area contributed by atoms with Gasteiger partial charge in [-0.3, -0.25) is 15.2 Å². The van der Waals surface area contributed by atoms with Gasteiger partial charge in [0.05, 0.1) is 25.4 Å². The number of H-pyrrole nitrogens is 1. The number of amidine groups is 1. The fourth-order valence-electron chi connectivity index (χ4n) is 5.08. The molecule has 48 heavy (non-hydrogen) atoms. The maximum atomic E-state index is 13.2. The summed E-state index contributed by atoms with van der Waals surface area (Å²) in [6.45, 7) is 0.425. The maximum absolute atomic E-state index is 13.2. The number of halogens is 3. The molecule has 4 N–H and O–H groups in total. The van der Waals surface area contributed by atoms with Gasteiger partial charge in [0, 0.05) is 60.1 Å². The van der Waals surface area contributed by atoms with E-state index in [0.717, 1.165) is 22.0 Å². The number of thiocarbonyl (C=S) groups is 1. The van der Waals surface area contributed by atoms with E-state index in [4.69, 9.17) is 21.7 Å². The molecule has 2 aromatic heterocycles. The van der Waals surface area contributed by atoms with Crippen molar-refractivity contribution in [2.24, 2.45) is 0 Å². The van der Waals surface area contributed by atoms with Crippen LogP contribution in [0.4, 0.5) is 18.9 Å². The van der Waals surface area contributed by atoms with Gasteiger partial charge in [0.1, 0.15) is 17.3 Å². The number of benzene rings is 3. The number of alkyl halides is 3. The molecule has 0 aliphatic carbocycles. The minimum absolute atomic E-state index is 0.0358. The standard InChI is InChI=1S/C34H31F3N6O4S/c1-45-30-16-26(28(41-20-48)17-31(30)46-2)32(38)43(19-21-5-8-25(9-6-21)47-34(35,36)37)13-12-40-33(44)29-15-24-14-22(7-10-27(24)42-29)23-4-3-11-39-18-23/h3-11,14-18,20,38,42H,12-13,19H2,1-2H3,(H,40,44)(H,41,48). The Balaban J connectivity index is 1.36. The zero-order valence-electron chi connectivity index (χ0n) is 25.9. The fraction of sp³-hybridized carbons (Fsp3) is 0.176. The Bertz CT molecular complexity index is 1920. The maximum Gasteiger partial charge on any atom is 0.573 e.